The van der Waals surface area contributed by atoms with Crippen LogP contribution in [0.15, 0.2) is 0 Å². The number of hydrogen-bond donors (Lipinski definition) is 0. The molecule has 0 bridgehead atoms. The van der Waals surface area contributed by atoms with Crippen LogP contribution in [0.5, 0.6) is 0 Å². The zero-order valence-electron chi connectivity index (χ0n) is 6.88. The lowest BCUT2D eigenvalue weighted by atomic mass is 10.3. The molecule has 0 aromatic carbocycles. The Morgan fingerprint density at radius 2 is 1.70 bits per heavy atom. The van der Waals surface area contributed by atoms with Crippen LogP contribution in [0.25, 0.3) is 0 Å². The quantitative estimate of drug-likeness (QED) is 0.604. The summed E-state index contributed by atoms with van der Waals surface area (Å²) >= 11 is 0. The number of nitrogens with zero attached hydrogens (tertiary/aromatic N) is 1. The molecule has 0 aliphatic heterocycles. The summed E-state index contributed by atoms with van der Waals surface area (Å²) in [6.07, 6.45) is 0. The van der Waals surface area contributed by atoms with Crippen LogP contribution in [-0.2, 0) is 10.0 Å². The lowest BCUT2D eigenvalue weighted by Crippen LogP contribution is -2.34. The molecule has 3 nitrogen and oxygen atoms in total. The van der Waals surface area contributed by atoms with Crippen LogP contribution < -0.4 is 4.72 Å². The van der Waals surface area contributed by atoms with Gasteiger partial charge in [-0.3, -0.25) is 0 Å². The third-order valence-electron chi connectivity index (χ3n) is 1.07. The third kappa shape index (κ3) is 2.27. The Hall–Kier alpha value is -0.0900. The van der Waals surface area contributed by atoms with Gasteiger partial charge in [0.25, 0.3) is 0 Å². The summed E-state index contributed by atoms with van der Waals surface area (Å²) in [5.74, 6) is 0. The molecule has 0 saturated carbocycles. The van der Waals surface area contributed by atoms with Crippen LogP contribution in [0.3, 0.4) is 0 Å². The molecule has 0 aliphatic rings. The lowest BCUT2D eigenvalue weighted by molar-refractivity contribution is 0.546. The highest BCUT2D eigenvalue weighted by Crippen LogP contribution is 2.13. The molecule has 0 heterocycles. The van der Waals surface area contributed by atoms with Crippen molar-refractivity contribution in [3.8, 4) is 0 Å². The Labute approximate surface area is 62.9 Å². The first-order valence-corrected chi connectivity index (χ1v) is 4.68. The van der Waals surface area contributed by atoms with Crippen molar-refractivity contribution >= 4 is 10.0 Å². The molecular weight excluding hydrogens is 150 g/mol. The van der Waals surface area contributed by atoms with E-state index < -0.39 is 14.8 Å². The first kappa shape index (κ1) is 9.91. The standard InChI is InChI=1S/C6H14NO2S/c1-5-7-10(8,9)6(2,3)4/h5H2,1-4H3. The van der Waals surface area contributed by atoms with Gasteiger partial charge in [0.2, 0.25) is 10.0 Å². The summed E-state index contributed by atoms with van der Waals surface area (Å²) in [5, 5.41) is 0. The van der Waals surface area contributed by atoms with Crippen molar-refractivity contribution < 1.29 is 8.42 Å². The largest absolute Gasteiger partial charge is 0.232 e. The van der Waals surface area contributed by atoms with E-state index in [1.807, 2.05) is 0 Å². The zero-order chi connectivity index (χ0) is 8.41. The molecule has 0 fully saturated rings. The van der Waals surface area contributed by atoms with Crippen LogP contribution in [-0.4, -0.2) is 19.7 Å². The second kappa shape index (κ2) is 2.88. The van der Waals surface area contributed by atoms with Gasteiger partial charge in [-0.05, 0) is 27.7 Å². The molecule has 0 aromatic heterocycles. The fourth-order valence-corrected chi connectivity index (χ4v) is 1.09. The van der Waals surface area contributed by atoms with Crippen molar-refractivity contribution in [3.63, 3.8) is 0 Å². The van der Waals surface area contributed by atoms with Crippen molar-refractivity contribution in [1.29, 1.82) is 0 Å². The molecule has 0 unspecified atom stereocenters. The van der Waals surface area contributed by atoms with Crippen LogP contribution in [0, 0.1) is 0 Å². The second-order valence-electron chi connectivity index (χ2n) is 3.03. The number of rotatable bonds is 2. The minimum atomic E-state index is -3.22. The molecule has 0 saturated heterocycles. The monoisotopic (exact) mass is 164 g/mol. The molecule has 0 N–H and O–H groups in total. The van der Waals surface area contributed by atoms with Crippen molar-refractivity contribution in [2.45, 2.75) is 32.4 Å². The molecule has 0 amide bonds. The van der Waals surface area contributed by atoms with E-state index in [-0.39, 0.29) is 0 Å². The molecule has 0 aromatic rings. The smallest absolute Gasteiger partial charge is 0.210 e. The highest BCUT2D eigenvalue weighted by Gasteiger charge is 2.28. The van der Waals surface area contributed by atoms with E-state index in [9.17, 15) is 8.42 Å². The normalized spacial score (nSPS) is 13.6. The maximum Gasteiger partial charge on any atom is 0.232 e. The van der Waals surface area contributed by atoms with E-state index in [0.717, 1.165) is 0 Å². The third-order valence-corrected chi connectivity index (χ3v) is 3.22. The van der Waals surface area contributed by atoms with Gasteiger partial charge in [-0.1, -0.05) is 0 Å². The Morgan fingerprint density at radius 1 is 1.30 bits per heavy atom. The fraction of sp³-hybridized carbons (Fsp3) is 1.00. The van der Waals surface area contributed by atoms with E-state index in [1.54, 1.807) is 27.7 Å². The average Bonchev–Trinajstić information content (AvgIpc) is 1.61. The molecule has 4 heteroatoms. The molecule has 0 spiro atoms. The van der Waals surface area contributed by atoms with Crippen LogP contribution in [0.1, 0.15) is 27.7 Å². The Balaban J connectivity index is 4.44. The summed E-state index contributed by atoms with van der Waals surface area (Å²) in [6, 6.07) is 0. The van der Waals surface area contributed by atoms with E-state index in [4.69, 9.17) is 0 Å². The van der Waals surface area contributed by atoms with E-state index >= 15 is 0 Å². The molecule has 0 aliphatic carbocycles. The zero-order valence-corrected chi connectivity index (χ0v) is 7.70. The molecule has 0 atom stereocenters. The van der Waals surface area contributed by atoms with Crippen LogP contribution in [0.2, 0.25) is 0 Å². The van der Waals surface area contributed by atoms with Crippen molar-refractivity contribution in [3.05, 3.63) is 0 Å². The number of sulfonamides is 1. The van der Waals surface area contributed by atoms with Gasteiger partial charge < -0.3 is 0 Å². The SMILES string of the molecule is CC[N]S(=O)(=O)C(C)(C)C. The van der Waals surface area contributed by atoms with Crippen LogP contribution in [0.4, 0.5) is 0 Å². The van der Waals surface area contributed by atoms with Gasteiger partial charge in [0, 0.05) is 6.54 Å². The van der Waals surface area contributed by atoms with Crippen LogP contribution >= 0.6 is 0 Å². The van der Waals surface area contributed by atoms with E-state index in [0.29, 0.717) is 6.54 Å². The Kier molecular flexibility index (Phi) is 2.86. The Morgan fingerprint density at radius 3 is 1.80 bits per heavy atom. The highest BCUT2D eigenvalue weighted by molar-refractivity contribution is 7.90. The second-order valence-corrected chi connectivity index (χ2v) is 5.47. The average molecular weight is 164 g/mol. The van der Waals surface area contributed by atoms with Crippen molar-refractivity contribution in [1.82, 2.24) is 4.72 Å². The first-order valence-electron chi connectivity index (χ1n) is 3.24. The van der Waals surface area contributed by atoms with Gasteiger partial charge in [0.15, 0.2) is 0 Å². The predicted octanol–water partition coefficient (Wildman–Crippen LogP) is 0.739. The summed E-state index contributed by atoms with van der Waals surface area (Å²) < 4.78 is 24.9. The van der Waals surface area contributed by atoms with Gasteiger partial charge in [-0.25, -0.2) is 8.42 Å². The van der Waals surface area contributed by atoms with E-state index in [2.05, 4.69) is 4.72 Å². The minimum absolute atomic E-state index is 0.333. The fourth-order valence-electron chi connectivity index (χ4n) is 0.364. The number of hydrogen-bond acceptors (Lipinski definition) is 2. The molecule has 1 radical (unpaired) electrons. The van der Waals surface area contributed by atoms with Crippen molar-refractivity contribution in [2.24, 2.45) is 0 Å². The Bertz CT molecular complexity index is 188. The van der Waals surface area contributed by atoms with Gasteiger partial charge in [0.05, 0.1) is 4.75 Å². The molecule has 61 valence electrons. The van der Waals surface area contributed by atoms with Crippen molar-refractivity contribution in [2.75, 3.05) is 6.54 Å². The summed E-state index contributed by atoms with van der Waals surface area (Å²) in [5.41, 5.74) is 0. The maximum atomic E-state index is 11.1. The van der Waals surface area contributed by atoms with Gasteiger partial charge in [-0.2, -0.15) is 0 Å². The summed E-state index contributed by atoms with van der Waals surface area (Å²) in [7, 11) is -3.22. The molecule has 10 heavy (non-hydrogen) atoms. The topological polar surface area (TPSA) is 48.2 Å². The van der Waals surface area contributed by atoms with Gasteiger partial charge in [-0.15, -0.1) is 4.72 Å². The highest BCUT2D eigenvalue weighted by atomic mass is 32.2. The maximum absolute atomic E-state index is 11.1. The molecule has 0 rings (SSSR count). The summed E-state index contributed by atoms with van der Waals surface area (Å²) in [4.78, 5) is 0. The molecular formula is C6H14NO2S. The predicted molar refractivity (Wildman–Crippen MR) is 41.3 cm³/mol. The van der Waals surface area contributed by atoms with Gasteiger partial charge >= 0.3 is 0 Å². The van der Waals surface area contributed by atoms with Gasteiger partial charge in [0.1, 0.15) is 0 Å². The lowest BCUT2D eigenvalue weighted by Gasteiger charge is -2.16. The minimum Gasteiger partial charge on any atom is -0.210 e. The van der Waals surface area contributed by atoms with E-state index in [1.165, 1.54) is 0 Å². The summed E-state index contributed by atoms with van der Waals surface area (Å²) in [6.45, 7) is 6.97. The first-order chi connectivity index (χ1) is 4.31.